The lowest BCUT2D eigenvalue weighted by Crippen LogP contribution is -2.42. The van der Waals surface area contributed by atoms with Crippen molar-refractivity contribution >= 4 is 0 Å². The van der Waals surface area contributed by atoms with Crippen LogP contribution in [0.1, 0.15) is 32.1 Å². The number of nitrogens with zero attached hydrogens (tertiary/aromatic N) is 1. The second-order valence-corrected chi connectivity index (χ2v) is 5.31. The number of ether oxygens (including phenoxy) is 1. The van der Waals surface area contributed by atoms with Crippen LogP contribution in [0.5, 0.6) is 0 Å². The fraction of sp³-hybridized carbons (Fsp3) is 1.00. The number of hydrogen-bond donors (Lipinski definition) is 1. The molecule has 2 rings (SSSR count). The third kappa shape index (κ3) is 3.72. The van der Waals surface area contributed by atoms with Gasteiger partial charge in [0.2, 0.25) is 0 Å². The lowest BCUT2D eigenvalue weighted by Gasteiger charge is -2.34. The molecule has 0 spiro atoms. The number of piperidine rings is 1. The molecule has 0 aromatic rings. The molecule has 16 heavy (non-hydrogen) atoms. The summed E-state index contributed by atoms with van der Waals surface area (Å²) in [7, 11) is 1.79. The van der Waals surface area contributed by atoms with Crippen molar-refractivity contribution in [1.82, 2.24) is 10.2 Å². The van der Waals surface area contributed by atoms with E-state index >= 15 is 0 Å². The van der Waals surface area contributed by atoms with Gasteiger partial charge in [0, 0.05) is 19.7 Å². The molecule has 3 heteroatoms. The van der Waals surface area contributed by atoms with Crippen molar-refractivity contribution in [3.05, 3.63) is 0 Å². The lowest BCUT2D eigenvalue weighted by molar-refractivity contribution is 0.118. The van der Waals surface area contributed by atoms with Gasteiger partial charge in [-0.1, -0.05) is 6.42 Å². The second kappa shape index (κ2) is 6.58. The van der Waals surface area contributed by atoms with Gasteiger partial charge in [0.1, 0.15) is 0 Å². The van der Waals surface area contributed by atoms with E-state index in [4.69, 9.17) is 4.74 Å². The van der Waals surface area contributed by atoms with Crippen LogP contribution in [0, 0.1) is 5.92 Å². The molecule has 0 atom stereocenters. The minimum absolute atomic E-state index is 0.853. The molecule has 94 valence electrons. The summed E-state index contributed by atoms with van der Waals surface area (Å²) < 4.78 is 5.12. The van der Waals surface area contributed by atoms with Crippen LogP contribution in [-0.2, 0) is 4.74 Å². The Balaban J connectivity index is 1.53. The van der Waals surface area contributed by atoms with E-state index in [1.807, 2.05) is 0 Å². The van der Waals surface area contributed by atoms with Crippen molar-refractivity contribution in [2.45, 2.75) is 38.1 Å². The maximum atomic E-state index is 5.12. The number of hydrogen-bond acceptors (Lipinski definition) is 3. The van der Waals surface area contributed by atoms with Gasteiger partial charge in [-0.15, -0.1) is 0 Å². The monoisotopic (exact) mass is 226 g/mol. The molecule has 0 bridgehead atoms. The molecule has 0 unspecified atom stereocenters. The SMILES string of the molecule is COCCN1CCC(CNC2CCC2)CC1. The van der Waals surface area contributed by atoms with E-state index in [1.165, 1.54) is 51.7 Å². The summed E-state index contributed by atoms with van der Waals surface area (Å²) in [5.74, 6) is 0.916. The third-order valence-corrected chi connectivity index (χ3v) is 4.12. The molecule has 2 aliphatic rings. The zero-order chi connectivity index (χ0) is 11.2. The average molecular weight is 226 g/mol. The summed E-state index contributed by atoms with van der Waals surface area (Å²) in [6.45, 7) is 5.77. The van der Waals surface area contributed by atoms with E-state index in [-0.39, 0.29) is 0 Å². The van der Waals surface area contributed by atoms with E-state index in [9.17, 15) is 0 Å². The minimum Gasteiger partial charge on any atom is -0.383 e. The topological polar surface area (TPSA) is 24.5 Å². The molecule has 1 N–H and O–H groups in total. The second-order valence-electron chi connectivity index (χ2n) is 5.31. The van der Waals surface area contributed by atoms with Gasteiger partial charge in [-0.25, -0.2) is 0 Å². The van der Waals surface area contributed by atoms with Crippen molar-refractivity contribution < 1.29 is 4.74 Å². The molecule has 0 radical (unpaired) electrons. The first-order chi connectivity index (χ1) is 7.88. The van der Waals surface area contributed by atoms with Crippen LogP contribution in [0.3, 0.4) is 0 Å². The van der Waals surface area contributed by atoms with Crippen LogP contribution in [0.2, 0.25) is 0 Å². The van der Waals surface area contributed by atoms with Gasteiger partial charge in [-0.2, -0.15) is 0 Å². The first-order valence-corrected chi connectivity index (χ1v) is 6.83. The van der Waals surface area contributed by atoms with Crippen molar-refractivity contribution in [1.29, 1.82) is 0 Å². The summed E-state index contributed by atoms with van der Waals surface area (Å²) in [5.41, 5.74) is 0. The Kier molecular flexibility index (Phi) is 5.07. The van der Waals surface area contributed by atoms with E-state index in [1.54, 1.807) is 7.11 Å². The molecular weight excluding hydrogens is 200 g/mol. The van der Waals surface area contributed by atoms with Crippen LogP contribution in [-0.4, -0.2) is 50.8 Å². The molecule has 0 amide bonds. The predicted octanol–water partition coefficient (Wildman–Crippen LogP) is 1.49. The average Bonchev–Trinajstić information content (AvgIpc) is 2.26. The molecule has 1 saturated heterocycles. The Morgan fingerprint density at radius 3 is 2.50 bits per heavy atom. The molecule has 1 saturated carbocycles. The van der Waals surface area contributed by atoms with Gasteiger partial charge >= 0.3 is 0 Å². The summed E-state index contributed by atoms with van der Waals surface area (Å²) in [6, 6.07) is 0.853. The van der Waals surface area contributed by atoms with Gasteiger partial charge in [-0.05, 0) is 51.2 Å². The molecule has 2 fully saturated rings. The fourth-order valence-electron chi connectivity index (χ4n) is 2.58. The highest BCUT2D eigenvalue weighted by atomic mass is 16.5. The van der Waals surface area contributed by atoms with E-state index in [2.05, 4.69) is 10.2 Å². The molecule has 1 aliphatic heterocycles. The van der Waals surface area contributed by atoms with Crippen molar-refractivity contribution in [2.75, 3.05) is 39.9 Å². The largest absolute Gasteiger partial charge is 0.383 e. The summed E-state index contributed by atoms with van der Waals surface area (Å²) in [6.07, 6.45) is 6.99. The molecular formula is C13H26N2O. The number of rotatable bonds is 6. The standard InChI is InChI=1S/C13H26N2O/c1-16-10-9-15-7-5-12(6-8-15)11-14-13-3-2-4-13/h12-14H,2-11H2,1H3. The summed E-state index contributed by atoms with van der Waals surface area (Å²) >= 11 is 0. The highest BCUT2D eigenvalue weighted by molar-refractivity contribution is 4.80. The van der Waals surface area contributed by atoms with E-state index in [0.717, 1.165) is 25.1 Å². The molecule has 0 aromatic carbocycles. The van der Waals surface area contributed by atoms with Gasteiger partial charge in [0.05, 0.1) is 6.61 Å². The number of likely N-dealkylation sites (tertiary alicyclic amines) is 1. The smallest absolute Gasteiger partial charge is 0.0589 e. The van der Waals surface area contributed by atoms with Crippen LogP contribution in [0.15, 0.2) is 0 Å². The van der Waals surface area contributed by atoms with Crippen LogP contribution >= 0.6 is 0 Å². The fourth-order valence-corrected chi connectivity index (χ4v) is 2.58. The van der Waals surface area contributed by atoms with Crippen LogP contribution in [0.4, 0.5) is 0 Å². The predicted molar refractivity (Wildman–Crippen MR) is 66.7 cm³/mol. The summed E-state index contributed by atoms with van der Waals surface area (Å²) in [5, 5.41) is 3.70. The minimum atomic E-state index is 0.853. The maximum absolute atomic E-state index is 5.12. The first kappa shape index (κ1) is 12.3. The zero-order valence-corrected chi connectivity index (χ0v) is 10.6. The Labute approximate surface area is 99.5 Å². The van der Waals surface area contributed by atoms with Gasteiger partial charge in [-0.3, -0.25) is 0 Å². The van der Waals surface area contributed by atoms with Crippen LogP contribution in [0.25, 0.3) is 0 Å². The first-order valence-electron chi connectivity index (χ1n) is 6.83. The molecule has 3 nitrogen and oxygen atoms in total. The van der Waals surface area contributed by atoms with Crippen molar-refractivity contribution in [3.63, 3.8) is 0 Å². The number of methoxy groups -OCH3 is 1. The Bertz CT molecular complexity index is 186. The van der Waals surface area contributed by atoms with Gasteiger partial charge < -0.3 is 15.0 Å². The normalized spacial score (nSPS) is 24.6. The summed E-state index contributed by atoms with van der Waals surface area (Å²) in [4.78, 5) is 2.53. The highest BCUT2D eigenvalue weighted by Crippen LogP contribution is 2.20. The van der Waals surface area contributed by atoms with Gasteiger partial charge in [0.15, 0.2) is 0 Å². The quantitative estimate of drug-likeness (QED) is 0.742. The maximum Gasteiger partial charge on any atom is 0.0589 e. The Hall–Kier alpha value is -0.120. The van der Waals surface area contributed by atoms with Gasteiger partial charge in [0.25, 0.3) is 0 Å². The highest BCUT2D eigenvalue weighted by Gasteiger charge is 2.21. The van der Waals surface area contributed by atoms with Crippen molar-refractivity contribution in [3.8, 4) is 0 Å². The van der Waals surface area contributed by atoms with E-state index < -0.39 is 0 Å². The number of nitrogens with one attached hydrogen (secondary N) is 1. The zero-order valence-electron chi connectivity index (χ0n) is 10.6. The van der Waals surface area contributed by atoms with Crippen LogP contribution < -0.4 is 5.32 Å². The third-order valence-electron chi connectivity index (χ3n) is 4.12. The molecule has 1 aliphatic carbocycles. The van der Waals surface area contributed by atoms with E-state index in [0.29, 0.717) is 0 Å². The molecule has 0 aromatic heterocycles. The lowest BCUT2D eigenvalue weighted by atomic mass is 9.91. The Morgan fingerprint density at radius 2 is 1.94 bits per heavy atom. The Morgan fingerprint density at radius 1 is 1.19 bits per heavy atom. The van der Waals surface area contributed by atoms with Crippen molar-refractivity contribution in [2.24, 2.45) is 5.92 Å². The molecule has 1 heterocycles.